The van der Waals surface area contributed by atoms with Crippen molar-refractivity contribution in [3.05, 3.63) is 29.8 Å². The molecular formula is C13H18N2O4S2. The predicted molar refractivity (Wildman–Crippen MR) is 80.1 cm³/mol. The van der Waals surface area contributed by atoms with Crippen molar-refractivity contribution in [1.82, 2.24) is 0 Å². The van der Waals surface area contributed by atoms with Gasteiger partial charge in [-0.1, -0.05) is 0 Å². The van der Waals surface area contributed by atoms with Gasteiger partial charge in [0.2, 0.25) is 0 Å². The molecule has 6 nitrogen and oxygen atoms in total. The standard InChI is InChI=1S/C13H18N2O4S2/c1-11(15)6-7-20(16,17)8-9-21(18,19)13-4-2-12(10-14)3-5-13/h2-5,11H,6-9,15H2,1H3. The van der Waals surface area contributed by atoms with E-state index in [9.17, 15) is 16.8 Å². The maximum Gasteiger partial charge on any atom is 0.179 e. The van der Waals surface area contributed by atoms with Gasteiger partial charge in [-0.05, 0) is 37.6 Å². The van der Waals surface area contributed by atoms with E-state index in [1.165, 1.54) is 24.3 Å². The van der Waals surface area contributed by atoms with Crippen molar-refractivity contribution in [1.29, 1.82) is 5.26 Å². The molecule has 116 valence electrons. The van der Waals surface area contributed by atoms with Crippen LogP contribution in [0.2, 0.25) is 0 Å². The van der Waals surface area contributed by atoms with E-state index in [1.54, 1.807) is 6.92 Å². The van der Waals surface area contributed by atoms with E-state index in [4.69, 9.17) is 11.0 Å². The van der Waals surface area contributed by atoms with E-state index in [2.05, 4.69) is 0 Å². The molecule has 0 aromatic heterocycles. The molecule has 0 aliphatic carbocycles. The average molecular weight is 330 g/mol. The third-order valence-electron chi connectivity index (χ3n) is 2.89. The smallest absolute Gasteiger partial charge is 0.179 e. The minimum Gasteiger partial charge on any atom is -0.328 e. The van der Waals surface area contributed by atoms with Crippen molar-refractivity contribution in [2.24, 2.45) is 5.73 Å². The molecule has 0 radical (unpaired) electrons. The molecule has 0 aliphatic rings. The zero-order valence-corrected chi connectivity index (χ0v) is 13.3. The molecule has 1 rings (SSSR count). The Hall–Kier alpha value is -1.43. The van der Waals surface area contributed by atoms with Gasteiger partial charge >= 0.3 is 0 Å². The molecule has 1 aromatic carbocycles. The first-order chi connectivity index (χ1) is 9.66. The monoisotopic (exact) mass is 330 g/mol. The summed E-state index contributed by atoms with van der Waals surface area (Å²) >= 11 is 0. The van der Waals surface area contributed by atoms with E-state index in [0.717, 1.165) is 0 Å². The minimum atomic E-state index is -3.68. The van der Waals surface area contributed by atoms with Crippen molar-refractivity contribution in [2.45, 2.75) is 24.3 Å². The molecule has 1 unspecified atom stereocenters. The predicted octanol–water partition coefficient (Wildman–Crippen LogP) is 0.484. The highest BCUT2D eigenvalue weighted by Crippen LogP contribution is 2.13. The molecule has 21 heavy (non-hydrogen) atoms. The Morgan fingerprint density at radius 2 is 1.67 bits per heavy atom. The van der Waals surface area contributed by atoms with Crippen LogP contribution in [-0.2, 0) is 19.7 Å². The van der Waals surface area contributed by atoms with Crippen molar-refractivity contribution in [3.8, 4) is 6.07 Å². The van der Waals surface area contributed by atoms with Crippen molar-refractivity contribution in [2.75, 3.05) is 17.3 Å². The molecule has 0 saturated carbocycles. The van der Waals surface area contributed by atoms with E-state index in [1.807, 2.05) is 6.07 Å². The lowest BCUT2D eigenvalue weighted by Gasteiger charge is -2.07. The first kappa shape index (κ1) is 17.6. The zero-order chi connectivity index (χ0) is 16.1. The lowest BCUT2D eigenvalue weighted by molar-refractivity contribution is 0.582. The highest BCUT2D eigenvalue weighted by Gasteiger charge is 2.20. The minimum absolute atomic E-state index is 0.0175. The lowest BCUT2D eigenvalue weighted by Crippen LogP contribution is -2.24. The largest absolute Gasteiger partial charge is 0.328 e. The molecule has 0 heterocycles. The van der Waals surface area contributed by atoms with E-state index in [-0.39, 0.29) is 16.7 Å². The number of hydrogen-bond donors (Lipinski definition) is 1. The van der Waals surface area contributed by atoms with Crippen molar-refractivity contribution < 1.29 is 16.8 Å². The van der Waals surface area contributed by atoms with Gasteiger partial charge in [-0.2, -0.15) is 5.26 Å². The molecule has 0 fully saturated rings. The van der Waals surface area contributed by atoms with Crippen LogP contribution in [0.5, 0.6) is 0 Å². The molecule has 0 spiro atoms. The van der Waals surface area contributed by atoms with Gasteiger partial charge in [-0.3, -0.25) is 0 Å². The quantitative estimate of drug-likeness (QED) is 0.777. The van der Waals surface area contributed by atoms with Crippen LogP contribution in [0.15, 0.2) is 29.2 Å². The topological polar surface area (TPSA) is 118 Å². The van der Waals surface area contributed by atoms with Crippen LogP contribution in [0.3, 0.4) is 0 Å². The fourth-order valence-electron chi connectivity index (χ4n) is 1.56. The molecular weight excluding hydrogens is 312 g/mol. The number of sulfone groups is 2. The molecule has 0 bridgehead atoms. The van der Waals surface area contributed by atoms with Crippen LogP contribution < -0.4 is 5.73 Å². The van der Waals surface area contributed by atoms with Gasteiger partial charge in [-0.15, -0.1) is 0 Å². The Kier molecular flexibility index (Phi) is 5.89. The van der Waals surface area contributed by atoms with Crippen molar-refractivity contribution >= 4 is 19.7 Å². The van der Waals surface area contributed by atoms with Crippen LogP contribution in [0.1, 0.15) is 18.9 Å². The summed E-state index contributed by atoms with van der Waals surface area (Å²) in [6.07, 6.45) is 0.305. The summed E-state index contributed by atoms with van der Waals surface area (Å²) in [5, 5.41) is 8.66. The second-order valence-corrected chi connectivity index (χ2v) is 9.29. The van der Waals surface area contributed by atoms with Gasteiger partial charge in [-0.25, -0.2) is 16.8 Å². The summed E-state index contributed by atoms with van der Waals surface area (Å²) in [4.78, 5) is 0.0175. The molecule has 0 aliphatic heterocycles. The highest BCUT2D eigenvalue weighted by atomic mass is 32.2. The molecule has 0 amide bonds. The van der Waals surface area contributed by atoms with Crippen molar-refractivity contribution in [3.63, 3.8) is 0 Å². The Balaban J connectivity index is 2.75. The number of rotatable bonds is 7. The number of hydrogen-bond acceptors (Lipinski definition) is 6. The Morgan fingerprint density at radius 1 is 1.10 bits per heavy atom. The summed E-state index contributed by atoms with van der Waals surface area (Å²) in [5.74, 6) is -1.02. The molecule has 2 N–H and O–H groups in total. The van der Waals surface area contributed by atoms with Crippen LogP contribution in [0.4, 0.5) is 0 Å². The van der Waals surface area contributed by atoms with Crippen LogP contribution in [0.25, 0.3) is 0 Å². The third kappa shape index (κ3) is 5.83. The van der Waals surface area contributed by atoms with Crippen LogP contribution >= 0.6 is 0 Å². The Morgan fingerprint density at radius 3 is 2.14 bits per heavy atom. The summed E-state index contributed by atoms with van der Waals surface area (Å²) in [5.41, 5.74) is 5.84. The van der Waals surface area contributed by atoms with E-state index >= 15 is 0 Å². The molecule has 0 saturated heterocycles. The van der Waals surface area contributed by atoms with Gasteiger partial charge in [0.15, 0.2) is 19.7 Å². The lowest BCUT2D eigenvalue weighted by atomic mass is 10.2. The normalized spacial score (nSPS) is 13.6. The third-order valence-corrected chi connectivity index (χ3v) is 6.56. The molecule has 1 atom stereocenters. The fraction of sp³-hybridized carbons (Fsp3) is 0.462. The number of benzene rings is 1. The van der Waals surface area contributed by atoms with Gasteiger partial charge in [0.25, 0.3) is 0 Å². The highest BCUT2D eigenvalue weighted by molar-refractivity contribution is 7.95. The van der Waals surface area contributed by atoms with Gasteiger partial charge < -0.3 is 5.73 Å². The van der Waals surface area contributed by atoms with Crippen LogP contribution in [0, 0.1) is 11.3 Å². The second-order valence-electron chi connectivity index (χ2n) is 4.87. The summed E-state index contributed by atoms with van der Waals surface area (Å²) in [6.45, 7) is 1.70. The SMILES string of the molecule is CC(N)CCS(=O)(=O)CCS(=O)(=O)c1ccc(C#N)cc1. The maximum absolute atomic E-state index is 12.0. The van der Waals surface area contributed by atoms with E-state index < -0.39 is 31.2 Å². The first-order valence-electron chi connectivity index (χ1n) is 6.35. The van der Waals surface area contributed by atoms with Gasteiger partial charge in [0.1, 0.15) is 0 Å². The van der Waals surface area contributed by atoms with Crippen LogP contribution in [-0.4, -0.2) is 40.1 Å². The fourth-order valence-corrected chi connectivity index (χ4v) is 5.17. The molecule has 8 heteroatoms. The number of nitrogens with two attached hydrogens (primary N) is 1. The van der Waals surface area contributed by atoms with Gasteiger partial charge in [0, 0.05) is 6.04 Å². The second kappa shape index (κ2) is 7.02. The maximum atomic E-state index is 12.0. The summed E-state index contributed by atoms with van der Waals surface area (Å²) in [7, 11) is -7.12. The Labute approximate surface area is 125 Å². The Bertz CT molecular complexity index is 714. The van der Waals surface area contributed by atoms with Gasteiger partial charge in [0.05, 0.1) is 33.8 Å². The summed E-state index contributed by atoms with van der Waals surface area (Å²) in [6, 6.07) is 7.03. The summed E-state index contributed by atoms with van der Waals surface area (Å²) < 4.78 is 47.6. The van der Waals surface area contributed by atoms with E-state index in [0.29, 0.717) is 12.0 Å². The number of nitriles is 1. The zero-order valence-electron chi connectivity index (χ0n) is 11.7. The number of nitrogens with zero attached hydrogens (tertiary/aromatic N) is 1. The average Bonchev–Trinajstić information content (AvgIpc) is 2.44. The first-order valence-corrected chi connectivity index (χ1v) is 9.82. The molecule has 1 aromatic rings.